The Balaban J connectivity index is 1.41. The van der Waals surface area contributed by atoms with Crippen LogP contribution in [0.2, 0.25) is 0 Å². The number of anilines is 2. The molecular formula is C30H27N7O4S2. The molecule has 1 amide bonds. The summed E-state index contributed by atoms with van der Waals surface area (Å²) in [4.78, 5) is 38.3. The van der Waals surface area contributed by atoms with Crippen molar-refractivity contribution in [2.24, 2.45) is 17.1 Å². The highest BCUT2D eigenvalue weighted by Gasteiger charge is 2.44. The van der Waals surface area contributed by atoms with Crippen LogP contribution in [-0.4, -0.2) is 32.6 Å². The molecule has 0 bridgehead atoms. The number of aromatic nitrogens is 2. The molecular weight excluding hydrogens is 587 g/mol. The van der Waals surface area contributed by atoms with E-state index in [9.17, 15) is 25.0 Å². The fraction of sp³-hybridized carbons (Fsp3) is 0.233. The van der Waals surface area contributed by atoms with Crippen LogP contribution in [0.5, 0.6) is 0 Å². The minimum Gasteiger partial charge on any atom is -0.384 e. The first kappa shape index (κ1) is 29.7. The van der Waals surface area contributed by atoms with Crippen LogP contribution >= 0.6 is 23.1 Å². The standard InChI is InChI=1S/C30H27N7O4S2/c1-30(2)14-23-26(24(38)15-30)21(12-11-18-7-4-3-5-8-18)22(16-31)27(32)36(23)28-34-35-29(43-28)42-17-25(39)33-19-9-6-10-20(13-19)37(40)41/h3-13,21H,14-15,17,32H2,1-2H3,(H,33,39)/b12-11+. The maximum atomic E-state index is 13.6. The van der Waals surface area contributed by atoms with E-state index in [2.05, 4.69) is 21.6 Å². The number of nitro benzene ring substituents is 1. The summed E-state index contributed by atoms with van der Waals surface area (Å²) in [6.45, 7) is 4.03. The number of allylic oxidation sites excluding steroid dienone is 4. The number of hydrogen-bond donors (Lipinski definition) is 2. The number of thioether (sulfide) groups is 1. The molecule has 13 heteroatoms. The molecule has 0 fully saturated rings. The highest BCUT2D eigenvalue weighted by Crippen LogP contribution is 2.48. The number of nitro groups is 1. The molecule has 1 unspecified atom stereocenters. The highest BCUT2D eigenvalue weighted by atomic mass is 32.2. The Hall–Kier alpha value is -4.80. The Morgan fingerprint density at radius 1 is 1.26 bits per heavy atom. The van der Waals surface area contributed by atoms with E-state index in [1.807, 2.05) is 56.3 Å². The van der Waals surface area contributed by atoms with E-state index in [1.54, 1.807) is 11.0 Å². The van der Waals surface area contributed by atoms with Crippen LogP contribution in [0.15, 0.2) is 87.7 Å². The lowest BCUT2D eigenvalue weighted by Crippen LogP contribution is -2.42. The summed E-state index contributed by atoms with van der Waals surface area (Å²) in [6, 6.07) is 17.5. The molecule has 0 saturated carbocycles. The van der Waals surface area contributed by atoms with E-state index in [-0.39, 0.29) is 39.9 Å². The summed E-state index contributed by atoms with van der Waals surface area (Å²) in [5.41, 5.74) is 8.90. The van der Waals surface area contributed by atoms with E-state index >= 15 is 0 Å². The van der Waals surface area contributed by atoms with Gasteiger partial charge in [0.2, 0.25) is 11.0 Å². The van der Waals surface area contributed by atoms with E-state index in [0.717, 1.165) is 17.3 Å². The fourth-order valence-corrected chi connectivity index (χ4v) is 6.79. The summed E-state index contributed by atoms with van der Waals surface area (Å²) >= 11 is 2.33. The molecule has 0 saturated heterocycles. The van der Waals surface area contributed by atoms with Gasteiger partial charge in [0.25, 0.3) is 5.69 Å². The number of amides is 1. The molecule has 1 aliphatic carbocycles. The number of nitrogens with one attached hydrogen (secondary N) is 1. The second-order valence-corrected chi connectivity index (χ2v) is 13.0. The van der Waals surface area contributed by atoms with Crippen molar-refractivity contribution in [2.45, 2.75) is 31.0 Å². The van der Waals surface area contributed by atoms with Crippen LogP contribution < -0.4 is 16.0 Å². The van der Waals surface area contributed by atoms with Crippen LogP contribution in [0.1, 0.15) is 32.3 Å². The van der Waals surface area contributed by atoms with E-state index in [1.165, 1.54) is 29.5 Å². The van der Waals surface area contributed by atoms with Crippen molar-refractivity contribution in [2.75, 3.05) is 16.0 Å². The third-order valence-electron chi connectivity index (χ3n) is 6.96. The van der Waals surface area contributed by atoms with Crippen LogP contribution in [0, 0.1) is 32.8 Å². The largest absolute Gasteiger partial charge is 0.384 e. The molecule has 0 spiro atoms. The van der Waals surface area contributed by atoms with Gasteiger partial charge in [0.15, 0.2) is 10.1 Å². The number of non-ortho nitro benzene ring substituents is 1. The molecule has 218 valence electrons. The van der Waals surface area contributed by atoms with Gasteiger partial charge < -0.3 is 11.1 Å². The zero-order valence-corrected chi connectivity index (χ0v) is 24.9. The van der Waals surface area contributed by atoms with Crippen molar-refractivity contribution in [1.29, 1.82) is 5.26 Å². The Morgan fingerprint density at radius 3 is 2.74 bits per heavy atom. The molecule has 3 aromatic rings. The summed E-state index contributed by atoms with van der Waals surface area (Å²) < 4.78 is 0.477. The summed E-state index contributed by atoms with van der Waals surface area (Å²) in [6.07, 6.45) is 4.62. The lowest BCUT2D eigenvalue weighted by atomic mass is 9.70. The second-order valence-electron chi connectivity index (χ2n) is 10.8. The van der Waals surface area contributed by atoms with Crippen LogP contribution in [-0.2, 0) is 9.59 Å². The number of Topliss-reactive ketones (excluding diaryl/α,β-unsaturated/α-hetero) is 1. The lowest BCUT2D eigenvalue weighted by molar-refractivity contribution is -0.384. The van der Waals surface area contributed by atoms with Crippen molar-refractivity contribution in [3.63, 3.8) is 0 Å². The van der Waals surface area contributed by atoms with E-state index < -0.39 is 10.8 Å². The molecule has 1 aliphatic heterocycles. The van der Waals surface area contributed by atoms with Gasteiger partial charge in [-0.2, -0.15) is 5.26 Å². The SMILES string of the molecule is CC1(C)CC(=O)C2=C(C1)N(c1nnc(SCC(=O)Nc3cccc([N+](=O)[O-])c3)s1)C(N)=C(C#N)C2/C=C/c1ccccc1. The third-order valence-corrected chi connectivity index (χ3v) is 9.00. The molecule has 2 heterocycles. The molecule has 11 nitrogen and oxygen atoms in total. The van der Waals surface area contributed by atoms with Gasteiger partial charge in [-0.1, -0.05) is 85.5 Å². The zero-order chi connectivity index (χ0) is 30.7. The number of rotatable bonds is 8. The predicted molar refractivity (Wildman–Crippen MR) is 166 cm³/mol. The zero-order valence-electron chi connectivity index (χ0n) is 23.3. The van der Waals surface area contributed by atoms with Gasteiger partial charge in [-0.05, 0) is 23.5 Å². The molecule has 43 heavy (non-hydrogen) atoms. The summed E-state index contributed by atoms with van der Waals surface area (Å²) in [7, 11) is 0. The minimum atomic E-state index is -0.598. The van der Waals surface area contributed by atoms with Gasteiger partial charge in [0.05, 0.1) is 22.3 Å². The number of nitrogens with two attached hydrogens (primary N) is 1. The topological polar surface area (TPSA) is 168 Å². The van der Waals surface area contributed by atoms with Crippen molar-refractivity contribution in [3.8, 4) is 6.07 Å². The number of benzene rings is 2. The van der Waals surface area contributed by atoms with Gasteiger partial charge >= 0.3 is 0 Å². The number of carbonyl (C=O) groups excluding carboxylic acids is 2. The predicted octanol–water partition coefficient (Wildman–Crippen LogP) is 5.66. The van der Waals surface area contributed by atoms with Gasteiger partial charge in [-0.3, -0.25) is 24.6 Å². The smallest absolute Gasteiger partial charge is 0.271 e. The van der Waals surface area contributed by atoms with E-state index in [4.69, 9.17) is 5.73 Å². The van der Waals surface area contributed by atoms with Crippen molar-refractivity contribution in [1.82, 2.24) is 10.2 Å². The number of ketones is 1. The van der Waals surface area contributed by atoms with Crippen LogP contribution in [0.4, 0.5) is 16.5 Å². The normalized spacial score (nSPS) is 18.0. The molecule has 2 aromatic carbocycles. The first-order chi connectivity index (χ1) is 20.6. The lowest BCUT2D eigenvalue weighted by Gasteiger charge is -2.41. The number of nitriles is 1. The first-order valence-corrected chi connectivity index (χ1v) is 15.1. The number of hydrogen-bond acceptors (Lipinski definition) is 11. The van der Waals surface area contributed by atoms with Gasteiger partial charge in [0, 0.05) is 41.4 Å². The number of nitrogens with zero attached hydrogens (tertiary/aromatic N) is 5. The van der Waals surface area contributed by atoms with Crippen LogP contribution in [0.25, 0.3) is 6.08 Å². The molecule has 2 aliphatic rings. The van der Waals surface area contributed by atoms with Gasteiger partial charge in [-0.25, -0.2) is 0 Å². The molecule has 1 aromatic heterocycles. The molecule has 3 N–H and O–H groups in total. The molecule has 1 atom stereocenters. The summed E-state index contributed by atoms with van der Waals surface area (Å²) in [5, 5.41) is 32.8. The van der Waals surface area contributed by atoms with Crippen molar-refractivity contribution < 1.29 is 14.5 Å². The second kappa shape index (κ2) is 12.2. The number of carbonyl (C=O) groups is 2. The van der Waals surface area contributed by atoms with Crippen LogP contribution in [0.3, 0.4) is 0 Å². The quantitative estimate of drug-likeness (QED) is 0.184. The highest BCUT2D eigenvalue weighted by molar-refractivity contribution is 8.01. The van der Waals surface area contributed by atoms with Gasteiger partial charge in [0.1, 0.15) is 5.82 Å². The summed E-state index contributed by atoms with van der Waals surface area (Å²) in [5.74, 6) is -0.845. The van der Waals surface area contributed by atoms with Crippen molar-refractivity contribution >= 4 is 57.4 Å². The Kier molecular flexibility index (Phi) is 8.43. The van der Waals surface area contributed by atoms with Gasteiger partial charge in [-0.15, -0.1) is 10.2 Å². The van der Waals surface area contributed by atoms with E-state index in [0.29, 0.717) is 39.3 Å². The first-order valence-electron chi connectivity index (χ1n) is 13.3. The average Bonchev–Trinajstić information content (AvgIpc) is 3.43. The maximum absolute atomic E-state index is 13.6. The Labute approximate surface area is 255 Å². The minimum absolute atomic E-state index is 0.0160. The Morgan fingerprint density at radius 2 is 2.02 bits per heavy atom. The molecule has 0 radical (unpaired) electrons. The average molecular weight is 614 g/mol. The molecule has 5 rings (SSSR count). The maximum Gasteiger partial charge on any atom is 0.271 e. The fourth-order valence-electron chi connectivity index (χ4n) is 5.11. The third kappa shape index (κ3) is 6.50. The van der Waals surface area contributed by atoms with Crippen molar-refractivity contribution in [3.05, 3.63) is 99.0 Å². The monoisotopic (exact) mass is 613 g/mol. The Bertz CT molecular complexity index is 1740.